The molecule has 0 atom stereocenters. The number of nitrogens with zero attached hydrogens (tertiary/aromatic N) is 2. The lowest BCUT2D eigenvalue weighted by atomic mass is 9.98. The monoisotopic (exact) mass is 795 g/mol. The first-order valence-electron chi connectivity index (χ1n) is 28.0. The molecule has 12 rings (SSSR count). The Morgan fingerprint density at radius 3 is 1.74 bits per heavy atom. The fourth-order valence-corrected chi connectivity index (χ4v) is 8.19. The summed E-state index contributed by atoms with van der Waals surface area (Å²) in [5.41, 5.74) is 0.0341. The van der Waals surface area contributed by atoms with Crippen molar-refractivity contribution in [3.8, 4) is 39.1 Å². The van der Waals surface area contributed by atoms with Gasteiger partial charge in [-0.15, -0.1) is 0 Å². The normalized spacial score (nSPS) is 15.5. The van der Waals surface area contributed by atoms with Crippen LogP contribution in [0.5, 0.6) is 0 Å². The number of hydrogen-bond acceptors (Lipinski definition) is 2. The molecule has 286 valence electrons. The van der Waals surface area contributed by atoms with E-state index in [2.05, 4.69) is 4.57 Å². The van der Waals surface area contributed by atoms with Crippen molar-refractivity contribution in [3.63, 3.8) is 0 Å². The number of anilines is 3. The van der Waals surface area contributed by atoms with Crippen molar-refractivity contribution in [3.05, 3.63) is 230 Å². The Balaban J connectivity index is 1.14. The predicted octanol–water partition coefficient (Wildman–Crippen LogP) is 16.3. The van der Waals surface area contributed by atoms with Crippen LogP contribution in [0.3, 0.4) is 0 Å². The second kappa shape index (κ2) is 14.3. The van der Waals surface area contributed by atoms with Crippen molar-refractivity contribution in [1.29, 1.82) is 0 Å². The van der Waals surface area contributed by atoms with E-state index in [1.165, 1.54) is 0 Å². The van der Waals surface area contributed by atoms with Crippen LogP contribution in [-0.4, -0.2) is 4.57 Å². The first-order valence-corrected chi connectivity index (χ1v) is 19.5. The average Bonchev–Trinajstić information content (AvgIpc) is 3.85. The highest BCUT2D eigenvalue weighted by Gasteiger charge is 2.22. The van der Waals surface area contributed by atoms with Crippen LogP contribution in [0.4, 0.5) is 17.1 Å². The lowest BCUT2D eigenvalue weighted by molar-refractivity contribution is 0.672. The molecule has 0 saturated carbocycles. The molecule has 0 unspecified atom stereocenters. The molecule has 10 aromatic carbocycles. The standard InChI is InChI=1S/C58H38N2O/c1-3-13-39(14-4-1)40-25-27-41(28-26-40)42-29-34-46(35-30-42)59(54-23-12-24-55-57(54)51-38-33-43-15-7-8-18-49(43)58(51)61-55)47-36-31-44(32-37-47)48-20-11-22-53-56(48)50-19-9-10-21-52(50)60(53)45-16-5-2-6-17-45/h1-38H/i1D,3D,4D,13D,14D,25D,26D,27D,28D,29D,30D,31D,32D,34D,35D,36D,37D. The minimum Gasteiger partial charge on any atom is -0.455 e. The summed E-state index contributed by atoms with van der Waals surface area (Å²) in [4.78, 5) is 1.15. The van der Waals surface area contributed by atoms with Crippen molar-refractivity contribution in [2.75, 3.05) is 4.90 Å². The Morgan fingerprint density at radius 1 is 0.410 bits per heavy atom. The van der Waals surface area contributed by atoms with Gasteiger partial charge in [0.05, 0.1) is 45.4 Å². The molecular formula is C58H38N2O. The zero-order chi connectivity index (χ0) is 55.1. The van der Waals surface area contributed by atoms with Gasteiger partial charge in [0, 0.05) is 38.6 Å². The zero-order valence-corrected chi connectivity index (χ0v) is 31.9. The number of aromatic nitrogens is 1. The molecule has 2 heterocycles. The van der Waals surface area contributed by atoms with Crippen molar-refractivity contribution in [2.24, 2.45) is 0 Å². The molecule has 2 aromatic heterocycles. The highest BCUT2D eigenvalue weighted by molar-refractivity contribution is 6.20. The fraction of sp³-hybridized carbons (Fsp3) is 0. The maximum atomic E-state index is 9.96. The summed E-state index contributed by atoms with van der Waals surface area (Å²) in [5.74, 6) is 0. The number of rotatable bonds is 7. The minimum absolute atomic E-state index is 0.0426. The molecule has 0 radical (unpaired) electrons. The molecule has 3 nitrogen and oxygen atoms in total. The third kappa shape index (κ3) is 5.82. The summed E-state index contributed by atoms with van der Waals surface area (Å²) >= 11 is 0. The highest BCUT2D eigenvalue weighted by atomic mass is 16.3. The van der Waals surface area contributed by atoms with Crippen molar-refractivity contribution >= 4 is 71.6 Å². The summed E-state index contributed by atoms with van der Waals surface area (Å²) in [7, 11) is 0. The first-order chi connectivity index (χ1) is 37.4. The van der Waals surface area contributed by atoms with Gasteiger partial charge in [0.1, 0.15) is 11.2 Å². The van der Waals surface area contributed by atoms with Gasteiger partial charge in [0.2, 0.25) is 0 Å². The molecule has 0 saturated heterocycles. The number of para-hydroxylation sites is 2. The van der Waals surface area contributed by atoms with E-state index in [0.29, 0.717) is 32.9 Å². The van der Waals surface area contributed by atoms with Crippen LogP contribution < -0.4 is 4.90 Å². The van der Waals surface area contributed by atoms with Gasteiger partial charge in [0.15, 0.2) is 0 Å². The molecule has 0 aliphatic rings. The van der Waals surface area contributed by atoms with E-state index in [0.717, 1.165) is 37.8 Å². The third-order valence-electron chi connectivity index (χ3n) is 10.9. The number of fused-ring (bicyclic) bond motifs is 8. The first kappa shape index (κ1) is 21.7. The largest absolute Gasteiger partial charge is 0.455 e. The van der Waals surface area contributed by atoms with Crippen LogP contribution in [0.15, 0.2) is 235 Å². The van der Waals surface area contributed by atoms with Crippen molar-refractivity contribution in [1.82, 2.24) is 4.57 Å². The maximum absolute atomic E-state index is 9.96. The van der Waals surface area contributed by atoms with E-state index >= 15 is 0 Å². The van der Waals surface area contributed by atoms with Gasteiger partial charge in [0.25, 0.3) is 0 Å². The summed E-state index contributed by atoms with van der Waals surface area (Å²) in [6.07, 6.45) is 0. The van der Waals surface area contributed by atoms with E-state index in [-0.39, 0.29) is 11.3 Å². The molecule has 12 aromatic rings. The molecule has 0 amide bonds. The smallest absolute Gasteiger partial charge is 0.143 e. The third-order valence-corrected chi connectivity index (χ3v) is 10.9. The molecule has 0 aliphatic carbocycles. The van der Waals surface area contributed by atoms with Crippen molar-refractivity contribution < 1.29 is 27.7 Å². The van der Waals surface area contributed by atoms with Crippen LogP contribution in [0.25, 0.3) is 93.6 Å². The van der Waals surface area contributed by atoms with Gasteiger partial charge in [-0.3, -0.25) is 0 Å². The minimum atomic E-state index is -0.887. The van der Waals surface area contributed by atoms with Gasteiger partial charge in [-0.05, 0) is 105 Å². The van der Waals surface area contributed by atoms with Gasteiger partial charge >= 0.3 is 0 Å². The number of benzene rings is 10. The summed E-state index contributed by atoms with van der Waals surface area (Å²) in [6, 6.07) is 25.9. The lowest BCUT2D eigenvalue weighted by Gasteiger charge is -2.26. The quantitative estimate of drug-likeness (QED) is 0.160. The van der Waals surface area contributed by atoms with Crippen LogP contribution in [0, 0.1) is 0 Å². The van der Waals surface area contributed by atoms with Crippen LogP contribution in [0.2, 0.25) is 0 Å². The van der Waals surface area contributed by atoms with Gasteiger partial charge in [-0.1, -0.05) is 163 Å². The van der Waals surface area contributed by atoms with Crippen LogP contribution in [0.1, 0.15) is 23.3 Å². The molecular weight excluding hydrogens is 741 g/mol. The van der Waals surface area contributed by atoms with E-state index in [1.807, 2.05) is 97.1 Å². The van der Waals surface area contributed by atoms with Gasteiger partial charge in [-0.2, -0.15) is 0 Å². The Kier molecular flexibility index (Phi) is 5.10. The van der Waals surface area contributed by atoms with Gasteiger partial charge in [-0.25, -0.2) is 0 Å². The molecule has 0 N–H and O–H groups in total. The fourth-order valence-electron chi connectivity index (χ4n) is 8.19. The molecule has 61 heavy (non-hydrogen) atoms. The SMILES string of the molecule is [2H]c1c([2H])c([2H])c(-c2c([2H])c([2H])c(-c3c([2H])c([2H])c(N(c4c([2H])c([2H])c(-c5cccc6c5c5ccccc5n6-c5ccccc5)c([2H])c4[2H])c4cccc5oc6c7ccccc7ccc6c45)c([2H])c3[2H])c([2H])c2[2H])c([2H])c1[2H]. The van der Waals surface area contributed by atoms with E-state index in [4.69, 9.17) is 14.0 Å². The highest BCUT2D eigenvalue weighted by Crippen LogP contribution is 2.46. The van der Waals surface area contributed by atoms with E-state index in [1.54, 1.807) is 30.3 Å². The summed E-state index contributed by atoms with van der Waals surface area (Å²) < 4.78 is 165. The summed E-state index contributed by atoms with van der Waals surface area (Å²) in [5, 5.41) is 3.94. The Labute approximate surface area is 377 Å². The molecule has 0 spiro atoms. The second-order valence-electron chi connectivity index (χ2n) is 14.3. The van der Waals surface area contributed by atoms with Crippen molar-refractivity contribution in [2.45, 2.75) is 0 Å². The number of hydrogen-bond donors (Lipinski definition) is 0. The van der Waals surface area contributed by atoms with Crippen LogP contribution in [-0.2, 0) is 0 Å². The zero-order valence-electron chi connectivity index (χ0n) is 48.9. The lowest BCUT2D eigenvalue weighted by Crippen LogP contribution is -2.10. The number of furan rings is 1. The van der Waals surface area contributed by atoms with E-state index in [9.17, 15) is 13.7 Å². The second-order valence-corrected chi connectivity index (χ2v) is 14.3. The predicted molar refractivity (Wildman–Crippen MR) is 257 cm³/mol. The average molecular weight is 796 g/mol. The Morgan fingerprint density at radius 2 is 1.00 bits per heavy atom. The Hall–Kier alpha value is -8.14. The summed E-state index contributed by atoms with van der Waals surface area (Å²) in [6.45, 7) is 0. The maximum Gasteiger partial charge on any atom is 0.143 e. The molecule has 0 bridgehead atoms. The van der Waals surface area contributed by atoms with Crippen LogP contribution >= 0.6 is 0 Å². The Bertz CT molecular complexity index is 4490. The topological polar surface area (TPSA) is 21.3 Å². The molecule has 0 fully saturated rings. The van der Waals surface area contributed by atoms with E-state index < -0.39 is 136 Å². The molecule has 0 aliphatic heterocycles. The van der Waals surface area contributed by atoms with Gasteiger partial charge < -0.3 is 13.9 Å². The molecule has 3 heteroatoms.